The minimum absolute atomic E-state index is 0.494. The first kappa shape index (κ1) is 11.9. The monoisotopic (exact) mass is 230 g/mol. The van der Waals surface area contributed by atoms with Gasteiger partial charge in [0, 0.05) is 11.6 Å². The third-order valence-electron chi connectivity index (χ3n) is 2.01. The van der Waals surface area contributed by atoms with E-state index in [1.165, 1.54) is 11.3 Å². The summed E-state index contributed by atoms with van der Waals surface area (Å²) in [6.07, 6.45) is 4.87. The van der Waals surface area contributed by atoms with Gasteiger partial charge in [-0.25, -0.2) is 4.98 Å². The largest absolute Gasteiger partial charge is 0.303 e. The Hall–Kier alpha value is -1.17. The lowest BCUT2D eigenvalue weighted by Gasteiger charge is -2.11. The lowest BCUT2D eigenvalue weighted by Crippen LogP contribution is -2.09. The van der Waals surface area contributed by atoms with E-state index in [4.69, 9.17) is 0 Å². The molecule has 0 radical (unpaired) electrons. The normalized spacial score (nSPS) is 12.3. The summed E-state index contributed by atoms with van der Waals surface area (Å²) in [4.78, 5) is 18.9. The molecule has 1 heterocycles. The Morgan fingerprint density at radius 1 is 1.67 bits per heavy atom. The van der Waals surface area contributed by atoms with E-state index in [1.54, 1.807) is 11.6 Å². The topological polar surface area (TPSA) is 65.3 Å². The molecule has 0 aliphatic heterocycles. The number of hydrogen-bond acceptors (Lipinski definition) is 5. The zero-order valence-electron chi connectivity index (χ0n) is 8.59. The molecule has 1 aromatic rings. The van der Waals surface area contributed by atoms with Crippen molar-refractivity contribution in [2.45, 2.75) is 38.7 Å². The first-order chi connectivity index (χ1) is 7.24. The molecule has 84 valence electrons. The van der Waals surface area contributed by atoms with Crippen LogP contribution in [0, 0.1) is 10.1 Å². The fourth-order valence-electron chi connectivity index (χ4n) is 1.30. The summed E-state index contributed by atoms with van der Waals surface area (Å²) in [5.74, 6) is 0. The third kappa shape index (κ3) is 4.24. The summed E-state index contributed by atoms with van der Waals surface area (Å²) < 4.78 is 0. The van der Waals surface area contributed by atoms with Crippen molar-refractivity contribution in [3.8, 4) is 0 Å². The molecule has 1 aromatic heterocycles. The average Bonchev–Trinajstić information content (AvgIpc) is 2.68. The van der Waals surface area contributed by atoms with E-state index >= 15 is 0 Å². The van der Waals surface area contributed by atoms with Crippen molar-refractivity contribution in [1.82, 2.24) is 4.98 Å². The molecule has 1 unspecified atom stereocenters. The molecule has 5 nitrogen and oxygen atoms in total. The van der Waals surface area contributed by atoms with E-state index in [9.17, 15) is 10.1 Å². The summed E-state index contributed by atoms with van der Waals surface area (Å²) in [6.45, 7) is 2.09. The van der Waals surface area contributed by atoms with E-state index in [1.807, 2.05) is 0 Å². The SMILES string of the molecule is CCCCCC(O[N+](=O)[O-])c1nccs1. The molecule has 1 atom stereocenters. The van der Waals surface area contributed by atoms with Gasteiger partial charge in [0.15, 0.2) is 6.10 Å². The highest BCUT2D eigenvalue weighted by Gasteiger charge is 2.17. The fourth-order valence-corrected chi connectivity index (χ4v) is 1.99. The Balaban J connectivity index is 2.50. The van der Waals surface area contributed by atoms with Crippen molar-refractivity contribution in [2.75, 3.05) is 0 Å². The van der Waals surface area contributed by atoms with Crippen LogP contribution in [0.5, 0.6) is 0 Å². The van der Waals surface area contributed by atoms with Gasteiger partial charge in [0.25, 0.3) is 5.09 Å². The Kier molecular flexibility index (Phi) is 5.03. The van der Waals surface area contributed by atoms with Crippen LogP contribution in [-0.4, -0.2) is 10.1 Å². The quantitative estimate of drug-likeness (QED) is 0.410. The van der Waals surface area contributed by atoms with Crippen LogP contribution < -0.4 is 0 Å². The van der Waals surface area contributed by atoms with Crippen LogP contribution >= 0.6 is 11.3 Å². The molecule has 0 N–H and O–H groups in total. The highest BCUT2D eigenvalue weighted by Crippen LogP contribution is 2.25. The summed E-state index contributed by atoms with van der Waals surface area (Å²) in [5, 5.41) is 12.0. The molecule has 0 bridgehead atoms. The van der Waals surface area contributed by atoms with Gasteiger partial charge in [0.05, 0.1) is 0 Å². The van der Waals surface area contributed by atoms with Gasteiger partial charge in [0.1, 0.15) is 5.01 Å². The number of hydrogen-bond donors (Lipinski definition) is 0. The minimum Gasteiger partial charge on any atom is -0.303 e. The maximum atomic E-state index is 10.3. The standard InChI is InChI=1S/C9H14N2O3S/c1-2-3-4-5-8(14-11(12)13)9-10-6-7-15-9/h6-8H,2-5H2,1H3. The second kappa shape index (κ2) is 6.34. The van der Waals surface area contributed by atoms with Crippen molar-refractivity contribution in [3.63, 3.8) is 0 Å². The Morgan fingerprint density at radius 3 is 3.00 bits per heavy atom. The summed E-state index contributed by atoms with van der Waals surface area (Å²) in [7, 11) is 0. The first-order valence-corrected chi connectivity index (χ1v) is 5.82. The molecule has 0 aliphatic carbocycles. The van der Waals surface area contributed by atoms with Gasteiger partial charge in [-0.3, -0.25) is 0 Å². The van der Waals surface area contributed by atoms with E-state index in [-0.39, 0.29) is 0 Å². The molecule has 0 spiro atoms. The van der Waals surface area contributed by atoms with Crippen molar-refractivity contribution >= 4 is 11.3 Å². The fraction of sp³-hybridized carbons (Fsp3) is 0.667. The molecule has 0 fully saturated rings. The zero-order chi connectivity index (χ0) is 11.1. The summed E-state index contributed by atoms with van der Waals surface area (Å²) >= 11 is 1.39. The molecule has 15 heavy (non-hydrogen) atoms. The predicted octanol–water partition coefficient (Wildman–Crippen LogP) is 2.97. The Morgan fingerprint density at radius 2 is 2.47 bits per heavy atom. The van der Waals surface area contributed by atoms with Crippen LogP contribution in [0.15, 0.2) is 11.6 Å². The van der Waals surface area contributed by atoms with Crippen molar-refractivity contribution in [2.24, 2.45) is 0 Å². The molecule has 1 rings (SSSR count). The van der Waals surface area contributed by atoms with Crippen LogP contribution in [0.25, 0.3) is 0 Å². The maximum Gasteiger partial charge on any atom is 0.295 e. The molecule has 0 saturated carbocycles. The molecule has 0 amide bonds. The predicted molar refractivity (Wildman–Crippen MR) is 57.1 cm³/mol. The van der Waals surface area contributed by atoms with Gasteiger partial charge >= 0.3 is 0 Å². The van der Waals surface area contributed by atoms with Crippen molar-refractivity contribution in [3.05, 3.63) is 26.7 Å². The van der Waals surface area contributed by atoms with Crippen LogP contribution in [0.3, 0.4) is 0 Å². The highest BCUT2D eigenvalue weighted by molar-refractivity contribution is 7.09. The van der Waals surface area contributed by atoms with E-state index in [0.29, 0.717) is 11.4 Å². The maximum absolute atomic E-state index is 10.3. The average molecular weight is 230 g/mol. The highest BCUT2D eigenvalue weighted by atomic mass is 32.1. The van der Waals surface area contributed by atoms with Crippen LogP contribution in [0.4, 0.5) is 0 Å². The molecule has 6 heteroatoms. The van der Waals surface area contributed by atoms with E-state index in [0.717, 1.165) is 19.3 Å². The third-order valence-corrected chi connectivity index (χ3v) is 2.88. The number of rotatable bonds is 7. The molecule has 0 saturated heterocycles. The summed E-state index contributed by atoms with van der Waals surface area (Å²) in [6, 6.07) is 0. The molecular formula is C9H14N2O3S. The van der Waals surface area contributed by atoms with Crippen LogP contribution in [0.2, 0.25) is 0 Å². The van der Waals surface area contributed by atoms with Crippen LogP contribution in [-0.2, 0) is 4.84 Å². The van der Waals surface area contributed by atoms with Crippen molar-refractivity contribution in [1.29, 1.82) is 0 Å². The lowest BCUT2D eigenvalue weighted by atomic mass is 10.1. The molecule has 0 aliphatic rings. The number of aromatic nitrogens is 1. The number of unbranched alkanes of at least 4 members (excludes halogenated alkanes) is 2. The van der Waals surface area contributed by atoms with E-state index < -0.39 is 11.2 Å². The first-order valence-electron chi connectivity index (χ1n) is 4.94. The van der Waals surface area contributed by atoms with Gasteiger partial charge < -0.3 is 4.84 Å². The van der Waals surface area contributed by atoms with Gasteiger partial charge in [-0.2, -0.15) is 0 Å². The zero-order valence-corrected chi connectivity index (χ0v) is 9.40. The van der Waals surface area contributed by atoms with Gasteiger partial charge in [-0.05, 0) is 6.42 Å². The summed E-state index contributed by atoms with van der Waals surface area (Å²) in [5.41, 5.74) is 0. The number of nitrogens with zero attached hydrogens (tertiary/aromatic N) is 2. The second-order valence-corrected chi connectivity index (χ2v) is 4.11. The molecule has 0 aromatic carbocycles. The Bertz CT molecular complexity index is 290. The van der Waals surface area contributed by atoms with Gasteiger partial charge in [-0.15, -0.1) is 21.5 Å². The lowest BCUT2D eigenvalue weighted by molar-refractivity contribution is -0.771. The van der Waals surface area contributed by atoms with Crippen LogP contribution in [0.1, 0.15) is 43.7 Å². The number of thiazole rings is 1. The van der Waals surface area contributed by atoms with Crippen molar-refractivity contribution < 1.29 is 9.92 Å². The Labute approximate surface area is 92.2 Å². The van der Waals surface area contributed by atoms with Gasteiger partial charge in [-0.1, -0.05) is 26.2 Å². The van der Waals surface area contributed by atoms with Gasteiger partial charge in [0.2, 0.25) is 0 Å². The molecular weight excluding hydrogens is 216 g/mol. The van der Waals surface area contributed by atoms with E-state index in [2.05, 4.69) is 16.7 Å². The smallest absolute Gasteiger partial charge is 0.295 e. The minimum atomic E-state index is -0.738. The second-order valence-electron chi connectivity index (χ2n) is 3.18.